The van der Waals surface area contributed by atoms with Crippen molar-refractivity contribution in [1.82, 2.24) is 5.32 Å². The number of nitrogens with one attached hydrogen (secondary N) is 2. The highest BCUT2D eigenvalue weighted by Gasteiger charge is 2.25. The van der Waals surface area contributed by atoms with Crippen LogP contribution in [0.1, 0.15) is 61.7 Å². The second-order valence-electron chi connectivity index (χ2n) is 7.61. The van der Waals surface area contributed by atoms with Crippen molar-refractivity contribution in [2.75, 3.05) is 24.3 Å². The SMILES string of the molecule is CN(C)c1ccc(NC(=O)CCC2CCCC2)cc1C(=O)NC1CC1. The van der Waals surface area contributed by atoms with Gasteiger partial charge in [-0.1, -0.05) is 25.7 Å². The van der Waals surface area contributed by atoms with Gasteiger partial charge in [0.05, 0.1) is 5.56 Å². The first-order chi connectivity index (χ1) is 12.0. The van der Waals surface area contributed by atoms with E-state index in [4.69, 9.17) is 0 Å². The molecule has 25 heavy (non-hydrogen) atoms. The number of carbonyl (C=O) groups is 2. The number of benzene rings is 1. The van der Waals surface area contributed by atoms with Crippen LogP contribution in [0.3, 0.4) is 0 Å². The fourth-order valence-corrected chi connectivity index (χ4v) is 3.53. The van der Waals surface area contributed by atoms with Crippen molar-refractivity contribution < 1.29 is 9.59 Å². The number of carbonyl (C=O) groups excluding carboxylic acids is 2. The third-order valence-electron chi connectivity index (χ3n) is 5.17. The molecule has 0 saturated heterocycles. The summed E-state index contributed by atoms with van der Waals surface area (Å²) >= 11 is 0. The monoisotopic (exact) mass is 343 g/mol. The molecule has 5 nitrogen and oxygen atoms in total. The van der Waals surface area contributed by atoms with Crippen molar-refractivity contribution in [1.29, 1.82) is 0 Å². The Labute approximate surface area is 150 Å². The number of amides is 2. The Bertz CT molecular complexity index is 632. The molecule has 0 spiro atoms. The molecule has 0 unspecified atom stereocenters. The Balaban J connectivity index is 1.63. The lowest BCUT2D eigenvalue weighted by molar-refractivity contribution is -0.116. The van der Waals surface area contributed by atoms with Crippen LogP contribution in [-0.4, -0.2) is 32.0 Å². The minimum atomic E-state index is -0.0618. The second-order valence-corrected chi connectivity index (χ2v) is 7.61. The topological polar surface area (TPSA) is 61.4 Å². The maximum absolute atomic E-state index is 12.5. The van der Waals surface area contributed by atoms with Crippen LogP contribution in [0, 0.1) is 5.92 Å². The van der Waals surface area contributed by atoms with Crippen molar-refractivity contribution in [3.63, 3.8) is 0 Å². The third-order valence-corrected chi connectivity index (χ3v) is 5.17. The first-order valence-corrected chi connectivity index (χ1v) is 9.45. The first-order valence-electron chi connectivity index (χ1n) is 9.45. The van der Waals surface area contributed by atoms with Gasteiger partial charge in [-0.3, -0.25) is 9.59 Å². The summed E-state index contributed by atoms with van der Waals surface area (Å²) in [4.78, 5) is 26.7. The largest absolute Gasteiger partial charge is 0.377 e. The molecule has 0 bridgehead atoms. The molecule has 2 aliphatic carbocycles. The van der Waals surface area contributed by atoms with Crippen molar-refractivity contribution in [2.24, 2.45) is 5.92 Å². The third kappa shape index (κ3) is 4.97. The molecule has 0 heterocycles. The predicted octanol–water partition coefficient (Wildman–Crippen LogP) is 3.55. The number of rotatable bonds is 7. The molecule has 2 N–H and O–H groups in total. The van der Waals surface area contributed by atoms with E-state index in [1.165, 1.54) is 25.7 Å². The molecule has 0 aromatic heterocycles. The van der Waals surface area contributed by atoms with E-state index in [0.717, 1.165) is 24.9 Å². The molecule has 0 atom stereocenters. The zero-order chi connectivity index (χ0) is 17.8. The van der Waals surface area contributed by atoms with E-state index in [9.17, 15) is 9.59 Å². The summed E-state index contributed by atoms with van der Waals surface area (Å²) < 4.78 is 0. The number of nitrogens with zero attached hydrogens (tertiary/aromatic N) is 1. The molecule has 1 aromatic rings. The van der Waals surface area contributed by atoms with Gasteiger partial charge in [0.25, 0.3) is 5.91 Å². The van der Waals surface area contributed by atoms with Crippen LogP contribution in [0.25, 0.3) is 0 Å². The zero-order valence-electron chi connectivity index (χ0n) is 15.3. The van der Waals surface area contributed by atoms with E-state index in [1.54, 1.807) is 6.07 Å². The summed E-state index contributed by atoms with van der Waals surface area (Å²) in [6.45, 7) is 0. The van der Waals surface area contributed by atoms with Gasteiger partial charge in [0.15, 0.2) is 0 Å². The van der Waals surface area contributed by atoms with Crippen LogP contribution in [0.15, 0.2) is 18.2 Å². The summed E-state index contributed by atoms with van der Waals surface area (Å²) in [5.74, 6) is 0.688. The van der Waals surface area contributed by atoms with Gasteiger partial charge in [-0.05, 0) is 43.4 Å². The Morgan fingerprint density at radius 2 is 1.84 bits per heavy atom. The van der Waals surface area contributed by atoms with Crippen molar-refractivity contribution in [2.45, 2.75) is 57.4 Å². The Kier molecular flexibility index (Phi) is 5.61. The smallest absolute Gasteiger partial charge is 0.253 e. The van der Waals surface area contributed by atoms with Crippen LogP contribution >= 0.6 is 0 Å². The molecule has 2 aliphatic rings. The number of hydrogen-bond donors (Lipinski definition) is 2. The molecular formula is C20H29N3O2. The molecule has 136 valence electrons. The van der Waals surface area contributed by atoms with Crippen LogP contribution in [0.5, 0.6) is 0 Å². The van der Waals surface area contributed by atoms with E-state index < -0.39 is 0 Å². The van der Waals surface area contributed by atoms with Crippen molar-refractivity contribution in [3.8, 4) is 0 Å². The van der Waals surface area contributed by atoms with Gasteiger partial charge in [-0.15, -0.1) is 0 Å². The van der Waals surface area contributed by atoms with Crippen LogP contribution in [0.2, 0.25) is 0 Å². The molecule has 0 radical (unpaired) electrons. The minimum Gasteiger partial charge on any atom is -0.377 e. The summed E-state index contributed by atoms with van der Waals surface area (Å²) in [7, 11) is 3.84. The minimum absolute atomic E-state index is 0.0399. The summed E-state index contributed by atoms with van der Waals surface area (Å²) in [6.07, 6.45) is 8.77. The lowest BCUT2D eigenvalue weighted by Gasteiger charge is -2.18. The maximum Gasteiger partial charge on any atom is 0.253 e. The molecule has 2 amide bonds. The molecule has 2 saturated carbocycles. The van der Waals surface area contributed by atoms with E-state index in [0.29, 0.717) is 29.6 Å². The van der Waals surface area contributed by atoms with Gasteiger partial charge in [-0.2, -0.15) is 0 Å². The van der Waals surface area contributed by atoms with E-state index in [2.05, 4.69) is 10.6 Å². The highest BCUT2D eigenvalue weighted by molar-refractivity contribution is 6.02. The normalized spacial score (nSPS) is 17.4. The average molecular weight is 343 g/mol. The maximum atomic E-state index is 12.5. The molecule has 3 rings (SSSR count). The van der Waals surface area contributed by atoms with Crippen LogP contribution in [0.4, 0.5) is 11.4 Å². The Morgan fingerprint density at radius 1 is 1.12 bits per heavy atom. The summed E-state index contributed by atoms with van der Waals surface area (Å²) in [5, 5.41) is 5.99. The fraction of sp³-hybridized carbons (Fsp3) is 0.600. The quantitative estimate of drug-likeness (QED) is 0.796. The highest BCUT2D eigenvalue weighted by atomic mass is 16.2. The van der Waals surface area contributed by atoms with Gasteiger partial charge in [0.2, 0.25) is 5.91 Å². The van der Waals surface area contributed by atoms with Gasteiger partial charge in [0.1, 0.15) is 0 Å². The van der Waals surface area contributed by atoms with Gasteiger partial charge in [-0.25, -0.2) is 0 Å². The predicted molar refractivity (Wildman–Crippen MR) is 101 cm³/mol. The molecular weight excluding hydrogens is 314 g/mol. The first kappa shape index (κ1) is 17.8. The Morgan fingerprint density at radius 3 is 2.48 bits per heavy atom. The van der Waals surface area contributed by atoms with E-state index >= 15 is 0 Å². The van der Waals surface area contributed by atoms with Gasteiger partial charge < -0.3 is 15.5 Å². The number of hydrogen-bond acceptors (Lipinski definition) is 3. The van der Waals surface area contributed by atoms with Gasteiger partial charge in [0, 0.05) is 37.9 Å². The number of anilines is 2. The van der Waals surface area contributed by atoms with Crippen molar-refractivity contribution >= 4 is 23.2 Å². The zero-order valence-corrected chi connectivity index (χ0v) is 15.3. The van der Waals surface area contributed by atoms with Crippen LogP contribution < -0.4 is 15.5 Å². The fourth-order valence-electron chi connectivity index (χ4n) is 3.53. The molecule has 5 heteroatoms. The Hall–Kier alpha value is -2.04. The summed E-state index contributed by atoms with van der Waals surface area (Å²) in [6, 6.07) is 5.87. The summed E-state index contributed by atoms with van der Waals surface area (Å²) in [5.41, 5.74) is 2.18. The lowest BCUT2D eigenvalue weighted by Crippen LogP contribution is -2.27. The lowest BCUT2D eigenvalue weighted by atomic mass is 10.0. The van der Waals surface area contributed by atoms with Crippen molar-refractivity contribution in [3.05, 3.63) is 23.8 Å². The molecule has 0 aliphatic heterocycles. The average Bonchev–Trinajstić information content (AvgIpc) is 3.23. The second kappa shape index (κ2) is 7.89. The standard InChI is InChI=1S/C20H29N3O2/c1-23(2)18-11-10-16(13-17(18)20(25)22-15-8-9-15)21-19(24)12-7-14-5-3-4-6-14/h10-11,13-15H,3-9,12H2,1-2H3,(H,21,24)(H,22,25). The highest BCUT2D eigenvalue weighted by Crippen LogP contribution is 2.29. The van der Waals surface area contributed by atoms with E-state index in [-0.39, 0.29) is 11.8 Å². The van der Waals surface area contributed by atoms with Gasteiger partial charge >= 0.3 is 0 Å². The molecule has 1 aromatic carbocycles. The van der Waals surface area contributed by atoms with Crippen LogP contribution in [-0.2, 0) is 4.79 Å². The molecule has 2 fully saturated rings. The van der Waals surface area contributed by atoms with E-state index in [1.807, 2.05) is 31.1 Å².